The maximum absolute atomic E-state index is 14.1. The van der Waals surface area contributed by atoms with E-state index < -0.39 is 89.1 Å². The van der Waals surface area contributed by atoms with Crippen LogP contribution < -0.4 is 10.1 Å². The van der Waals surface area contributed by atoms with E-state index in [1.54, 1.807) is 32.9 Å². The lowest BCUT2D eigenvalue weighted by molar-refractivity contribution is -0.156. The minimum atomic E-state index is -1.89. The minimum Gasteiger partial charge on any atom is -0.479 e. The summed E-state index contributed by atoms with van der Waals surface area (Å²) in [5.41, 5.74) is 0.325. The van der Waals surface area contributed by atoms with Crippen molar-refractivity contribution < 1.29 is 55.7 Å². The predicted molar refractivity (Wildman–Crippen MR) is 164 cm³/mol. The summed E-state index contributed by atoms with van der Waals surface area (Å²) in [6, 6.07) is 5.53. The highest BCUT2D eigenvalue weighted by molar-refractivity contribution is 6.36. The largest absolute Gasteiger partial charge is 0.479 e. The fourth-order valence-electron chi connectivity index (χ4n) is 4.98. The third kappa shape index (κ3) is 10.3. The molecule has 2 aromatic rings. The molecule has 1 heterocycles. The minimum absolute atomic E-state index is 0.0143. The smallest absolute Gasteiger partial charge is 0.308 e. The first-order valence-electron chi connectivity index (χ1n) is 15.3. The second-order valence-electron chi connectivity index (χ2n) is 13.4. The molecular formula is C34H40F4N2O8. The number of amides is 2. The van der Waals surface area contributed by atoms with Crippen LogP contribution in [0.3, 0.4) is 0 Å². The first kappa shape index (κ1) is 38.1. The molecule has 2 amide bonds. The third-order valence-corrected chi connectivity index (χ3v) is 7.20. The number of ketones is 2. The molecular weight excluding hydrogens is 640 g/mol. The summed E-state index contributed by atoms with van der Waals surface area (Å²) < 4.78 is 71.0. The van der Waals surface area contributed by atoms with Gasteiger partial charge in [-0.05, 0) is 43.7 Å². The molecule has 1 aliphatic rings. The van der Waals surface area contributed by atoms with Gasteiger partial charge in [-0.1, -0.05) is 45.0 Å². The van der Waals surface area contributed by atoms with Gasteiger partial charge in [-0.25, -0.2) is 8.78 Å². The van der Waals surface area contributed by atoms with Crippen molar-refractivity contribution in [1.82, 2.24) is 10.2 Å². The molecule has 14 heteroatoms. The molecule has 1 saturated heterocycles. The second-order valence-corrected chi connectivity index (χ2v) is 13.4. The van der Waals surface area contributed by atoms with Gasteiger partial charge >= 0.3 is 5.97 Å². The molecule has 0 bridgehead atoms. The van der Waals surface area contributed by atoms with Crippen LogP contribution >= 0.6 is 0 Å². The highest BCUT2D eigenvalue weighted by atomic mass is 19.2. The van der Waals surface area contributed by atoms with Crippen molar-refractivity contribution in [2.75, 3.05) is 26.3 Å². The summed E-state index contributed by atoms with van der Waals surface area (Å²) in [6.07, 6.45) is -2.01. The lowest BCUT2D eigenvalue weighted by atomic mass is 9.82. The van der Waals surface area contributed by atoms with E-state index in [9.17, 15) is 41.5 Å². The Bertz CT molecular complexity index is 1520. The van der Waals surface area contributed by atoms with Crippen LogP contribution in [0, 0.1) is 23.3 Å². The Morgan fingerprint density at radius 1 is 0.979 bits per heavy atom. The summed E-state index contributed by atoms with van der Waals surface area (Å²) in [5.74, 6) is -13.3. The van der Waals surface area contributed by atoms with Gasteiger partial charge in [0.2, 0.25) is 17.4 Å². The second kappa shape index (κ2) is 15.7. The Balaban J connectivity index is 1.76. The van der Waals surface area contributed by atoms with E-state index >= 15 is 0 Å². The average molecular weight is 681 g/mol. The van der Waals surface area contributed by atoms with Gasteiger partial charge in [-0.2, -0.15) is 8.78 Å². The van der Waals surface area contributed by atoms with Gasteiger partial charge in [0.15, 0.2) is 29.3 Å². The van der Waals surface area contributed by atoms with E-state index in [2.05, 4.69) is 5.32 Å². The van der Waals surface area contributed by atoms with Crippen LogP contribution in [0.25, 0.3) is 0 Å². The van der Waals surface area contributed by atoms with Gasteiger partial charge in [0, 0.05) is 25.6 Å². The normalized spacial score (nSPS) is 16.0. The van der Waals surface area contributed by atoms with Crippen molar-refractivity contribution in [3.05, 3.63) is 64.7 Å². The van der Waals surface area contributed by atoms with Crippen LogP contribution in [0.1, 0.15) is 65.5 Å². The van der Waals surface area contributed by atoms with Crippen molar-refractivity contribution >= 4 is 29.4 Å². The summed E-state index contributed by atoms with van der Waals surface area (Å²) >= 11 is 0. The number of hydrogen-bond donors (Lipinski definition) is 1. The number of esters is 1. The number of nitrogens with one attached hydrogen (secondary N) is 1. The van der Waals surface area contributed by atoms with E-state index in [1.165, 1.54) is 4.90 Å². The molecule has 48 heavy (non-hydrogen) atoms. The number of Topliss-reactive ketones (excluding diaryl/α,β-unsaturated/α-hetero) is 2. The molecule has 0 radical (unpaired) electrons. The molecule has 2 aromatic carbocycles. The molecule has 0 spiro atoms. The predicted octanol–water partition coefficient (Wildman–Crippen LogP) is 4.13. The maximum Gasteiger partial charge on any atom is 0.308 e. The topological polar surface area (TPSA) is 128 Å². The zero-order chi connectivity index (χ0) is 36.0. The summed E-state index contributed by atoms with van der Waals surface area (Å²) in [7, 11) is 0. The molecule has 0 unspecified atom stereocenters. The van der Waals surface area contributed by atoms with E-state index in [0.717, 1.165) is 5.56 Å². The monoisotopic (exact) mass is 680 g/mol. The van der Waals surface area contributed by atoms with Crippen molar-refractivity contribution in [3.8, 4) is 5.75 Å². The van der Waals surface area contributed by atoms with Crippen molar-refractivity contribution in [2.45, 2.75) is 84.0 Å². The Hall–Kier alpha value is -4.33. The van der Waals surface area contributed by atoms with Crippen molar-refractivity contribution in [2.24, 2.45) is 0 Å². The van der Waals surface area contributed by atoms with Gasteiger partial charge in [0.05, 0.1) is 13.0 Å². The molecule has 0 aromatic heterocycles. The molecule has 0 aliphatic carbocycles. The van der Waals surface area contributed by atoms with E-state index in [1.807, 2.05) is 32.9 Å². The van der Waals surface area contributed by atoms with Crippen LogP contribution in [0.2, 0.25) is 0 Å². The Labute approximate surface area is 276 Å². The standard InChI is InChI=1S/C34H40F4N2O8/c1-33(2,3)20-11-8-7-10-19(20)14-24(41)32(45)40-12-9-13-46-26(17-40)31(44)39-23(16-27(43)48-34(4,5)6)25(42)18-47-30-28(37)21(35)15-22(36)29(30)38/h7-8,10-11,15,23,26H,9,12-14,16-18H2,1-6H3,(H,39,44)/t23-,26-/m0/s1. The van der Waals surface area contributed by atoms with Crippen LogP contribution in [0.4, 0.5) is 17.6 Å². The summed E-state index contributed by atoms with van der Waals surface area (Å²) in [5, 5.41) is 2.32. The zero-order valence-electron chi connectivity index (χ0n) is 27.7. The molecule has 0 saturated carbocycles. The van der Waals surface area contributed by atoms with Crippen LogP contribution in [0.15, 0.2) is 30.3 Å². The fourth-order valence-corrected chi connectivity index (χ4v) is 4.98. The Kier molecular flexibility index (Phi) is 12.5. The molecule has 2 atom stereocenters. The number of carbonyl (C=O) groups is 5. The molecule has 3 rings (SSSR count). The highest BCUT2D eigenvalue weighted by Gasteiger charge is 2.35. The van der Waals surface area contributed by atoms with Gasteiger partial charge < -0.3 is 24.4 Å². The van der Waals surface area contributed by atoms with Crippen LogP contribution in [-0.4, -0.2) is 78.3 Å². The first-order valence-corrected chi connectivity index (χ1v) is 15.3. The quantitative estimate of drug-likeness (QED) is 0.163. The number of ether oxygens (including phenoxy) is 3. The molecule has 1 aliphatic heterocycles. The van der Waals surface area contributed by atoms with Crippen LogP contribution in [0.5, 0.6) is 5.75 Å². The number of benzene rings is 2. The Morgan fingerprint density at radius 3 is 2.21 bits per heavy atom. The number of hydrogen-bond acceptors (Lipinski definition) is 8. The summed E-state index contributed by atoms with van der Waals surface area (Å²) in [4.78, 5) is 66.6. The van der Waals surface area contributed by atoms with Gasteiger partial charge in [-0.3, -0.25) is 24.0 Å². The lowest BCUT2D eigenvalue weighted by Crippen LogP contribution is -2.52. The molecule has 1 fully saturated rings. The third-order valence-electron chi connectivity index (χ3n) is 7.20. The molecule has 1 N–H and O–H groups in total. The molecule has 10 nitrogen and oxygen atoms in total. The SMILES string of the molecule is CC(C)(C)OC(=O)C[C@H](NC(=O)[C@@H]1CN(C(=O)C(=O)Cc2ccccc2C(C)(C)C)CCCO1)C(=O)COc1c(F)c(F)cc(F)c1F. The van der Waals surface area contributed by atoms with Gasteiger partial charge in [0.25, 0.3) is 11.8 Å². The zero-order valence-corrected chi connectivity index (χ0v) is 27.7. The molecule has 262 valence electrons. The summed E-state index contributed by atoms with van der Waals surface area (Å²) in [6.45, 7) is 9.18. The fraction of sp³-hybridized carbons (Fsp3) is 0.500. The van der Waals surface area contributed by atoms with E-state index in [-0.39, 0.29) is 44.0 Å². The number of halogens is 4. The number of rotatable bonds is 11. The van der Waals surface area contributed by atoms with E-state index in [4.69, 9.17) is 14.2 Å². The Morgan fingerprint density at radius 2 is 1.60 bits per heavy atom. The van der Waals surface area contributed by atoms with Crippen molar-refractivity contribution in [1.29, 1.82) is 0 Å². The van der Waals surface area contributed by atoms with Gasteiger partial charge in [0.1, 0.15) is 18.2 Å². The number of nitrogens with zero attached hydrogens (tertiary/aromatic N) is 1. The van der Waals surface area contributed by atoms with Crippen LogP contribution in [-0.2, 0) is 45.3 Å². The average Bonchev–Trinajstić information content (AvgIpc) is 3.24. The number of carbonyl (C=O) groups excluding carboxylic acids is 5. The highest BCUT2D eigenvalue weighted by Crippen LogP contribution is 2.27. The van der Waals surface area contributed by atoms with Crippen molar-refractivity contribution in [3.63, 3.8) is 0 Å². The lowest BCUT2D eigenvalue weighted by Gasteiger charge is -2.26. The first-order chi connectivity index (χ1) is 22.3. The van der Waals surface area contributed by atoms with E-state index in [0.29, 0.717) is 5.56 Å². The maximum atomic E-state index is 14.1. The van der Waals surface area contributed by atoms with Gasteiger partial charge in [-0.15, -0.1) is 0 Å².